The van der Waals surface area contributed by atoms with Gasteiger partial charge in [0, 0.05) is 5.02 Å². The molecule has 0 saturated heterocycles. The third-order valence-electron chi connectivity index (χ3n) is 2.59. The van der Waals surface area contributed by atoms with Crippen molar-refractivity contribution in [2.45, 2.75) is 26.3 Å². The van der Waals surface area contributed by atoms with E-state index in [0.717, 1.165) is 17.8 Å². The molecule has 2 rings (SSSR count). The number of anilines is 2. The minimum absolute atomic E-state index is 0.0310. The van der Waals surface area contributed by atoms with Crippen molar-refractivity contribution in [3.8, 4) is 0 Å². The summed E-state index contributed by atoms with van der Waals surface area (Å²) in [6.45, 7) is 4.20. The summed E-state index contributed by atoms with van der Waals surface area (Å²) >= 11 is 5.91. The Balaban J connectivity index is 2.22. The lowest BCUT2D eigenvalue weighted by Crippen LogP contribution is -2.39. The van der Waals surface area contributed by atoms with E-state index < -0.39 is 0 Å². The molecule has 86 valence electrons. The van der Waals surface area contributed by atoms with Crippen LogP contribution in [0.3, 0.4) is 0 Å². The molecule has 0 radical (unpaired) electrons. The summed E-state index contributed by atoms with van der Waals surface area (Å²) in [7, 11) is 0. The number of benzene rings is 1. The van der Waals surface area contributed by atoms with Crippen LogP contribution in [0.25, 0.3) is 0 Å². The third-order valence-corrected chi connectivity index (χ3v) is 2.83. The predicted octanol–water partition coefficient (Wildman–Crippen LogP) is 3.12. The number of fused-ring (bicyclic) bond motifs is 1. The molecule has 1 atom stereocenters. The minimum atomic E-state index is -0.161. The summed E-state index contributed by atoms with van der Waals surface area (Å²) in [6.07, 6.45) is 0.817. The Morgan fingerprint density at radius 2 is 2.12 bits per heavy atom. The van der Waals surface area contributed by atoms with E-state index in [9.17, 15) is 4.79 Å². The predicted molar refractivity (Wildman–Crippen MR) is 66.9 cm³/mol. The van der Waals surface area contributed by atoms with Crippen molar-refractivity contribution in [2.24, 2.45) is 5.92 Å². The van der Waals surface area contributed by atoms with E-state index in [0.29, 0.717) is 10.9 Å². The van der Waals surface area contributed by atoms with E-state index >= 15 is 0 Å². The average Bonchev–Trinajstić information content (AvgIpc) is 2.19. The van der Waals surface area contributed by atoms with Gasteiger partial charge in [0.25, 0.3) is 0 Å². The summed E-state index contributed by atoms with van der Waals surface area (Å²) in [5.41, 5.74) is 1.70. The number of nitrogens with one attached hydrogen (secondary N) is 2. The second-order valence-corrected chi connectivity index (χ2v) is 4.94. The average molecular weight is 239 g/mol. The van der Waals surface area contributed by atoms with Gasteiger partial charge in [0.05, 0.1) is 11.4 Å². The van der Waals surface area contributed by atoms with Crippen molar-refractivity contribution < 1.29 is 4.79 Å². The Kier molecular flexibility index (Phi) is 3.06. The van der Waals surface area contributed by atoms with Crippen LogP contribution >= 0.6 is 11.6 Å². The van der Waals surface area contributed by atoms with Crippen molar-refractivity contribution in [2.75, 3.05) is 10.6 Å². The van der Waals surface area contributed by atoms with Crippen molar-refractivity contribution in [1.82, 2.24) is 0 Å². The first-order chi connectivity index (χ1) is 7.56. The van der Waals surface area contributed by atoms with Gasteiger partial charge in [0.2, 0.25) is 5.91 Å². The SMILES string of the molecule is CC(C)CC1Nc2cc(Cl)ccc2NC1=O. The molecule has 0 saturated carbocycles. The first-order valence-electron chi connectivity index (χ1n) is 5.43. The molecule has 0 aliphatic carbocycles. The van der Waals surface area contributed by atoms with E-state index in [1.54, 1.807) is 6.07 Å². The molecule has 0 fully saturated rings. The molecule has 16 heavy (non-hydrogen) atoms. The maximum absolute atomic E-state index is 11.8. The Morgan fingerprint density at radius 3 is 2.81 bits per heavy atom. The summed E-state index contributed by atoms with van der Waals surface area (Å²) in [5.74, 6) is 0.507. The van der Waals surface area contributed by atoms with E-state index in [2.05, 4.69) is 24.5 Å². The van der Waals surface area contributed by atoms with Crippen LogP contribution in [0.2, 0.25) is 5.02 Å². The number of amides is 1. The number of carbonyl (C=O) groups excluding carboxylic acids is 1. The molecule has 1 aliphatic rings. The lowest BCUT2D eigenvalue weighted by atomic mass is 10.0. The smallest absolute Gasteiger partial charge is 0.246 e. The molecule has 1 amide bonds. The molecule has 1 aliphatic heterocycles. The van der Waals surface area contributed by atoms with Gasteiger partial charge in [0.1, 0.15) is 6.04 Å². The van der Waals surface area contributed by atoms with Gasteiger partial charge in [-0.15, -0.1) is 0 Å². The van der Waals surface area contributed by atoms with Crippen LogP contribution in [0, 0.1) is 5.92 Å². The second kappa shape index (κ2) is 4.34. The van der Waals surface area contributed by atoms with Gasteiger partial charge in [-0.05, 0) is 30.5 Å². The Morgan fingerprint density at radius 1 is 1.38 bits per heavy atom. The molecular formula is C12H15ClN2O. The van der Waals surface area contributed by atoms with Crippen LogP contribution in [0.5, 0.6) is 0 Å². The molecule has 0 bridgehead atoms. The molecule has 1 heterocycles. The molecule has 2 N–H and O–H groups in total. The quantitative estimate of drug-likeness (QED) is 0.831. The maximum Gasteiger partial charge on any atom is 0.246 e. The minimum Gasteiger partial charge on any atom is -0.372 e. The standard InChI is InChI=1S/C12H15ClN2O/c1-7(2)5-11-12(16)15-9-4-3-8(13)6-10(9)14-11/h3-4,6-7,11,14H,5H2,1-2H3,(H,15,16). The normalized spacial score (nSPS) is 19.0. The number of rotatable bonds is 2. The van der Waals surface area contributed by atoms with Gasteiger partial charge in [-0.1, -0.05) is 25.4 Å². The largest absolute Gasteiger partial charge is 0.372 e. The van der Waals surface area contributed by atoms with E-state index in [-0.39, 0.29) is 11.9 Å². The van der Waals surface area contributed by atoms with Crippen molar-refractivity contribution in [1.29, 1.82) is 0 Å². The fraction of sp³-hybridized carbons (Fsp3) is 0.417. The number of carbonyl (C=O) groups is 1. The van der Waals surface area contributed by atoms with Gasteiger partial charge in [0.15, 0.2) is 0 Å². The van der Waals surface area contributed by atoms with Crippen LogP contribution in [0.15, 0.2) is 18.2 Å². The zero-order valence-electron chi connectivity index (χ0n) is 9.38. The first kappa shape index (κ1) is 11.3. The number of hydrogen-bond donors (Lipinski definition) is 2. The van der Waals surface area contributed by atoms with Gasteiger partial charge < -0.3 is 10.6 Å². The van der Waals surface area contributed by atoms with E-state index in [1.807, 2.05) is 12.1 Å². The van der Waals surface area contributed by atoms with Gasteiger partial charge in [-0.3, -0.25) is 4.79 Å². The van der Waals surface area contributed by atoms with E-state index in [4.69, 9.17) is 11.6 Å². The highest BCUT2D eigenvalue weighted by Gasteiger charge is 2.25. The summed E-state index contributed by atoms with van der Waals surface area (Å²) in [4.78, 5) is 11.8. The van der Waals surface area contributed by atoms with Crippen molar-refractivity contribution >= 4 is 28.9 Å². The molecular weight excluding hydrogens is 224 g/mol. The monoisotopic (exact) mass is 238 g/mol. The summed E-state index contributed by atoms with van der Waals surface area (Å²) in [5, 5.41) is 6.78. The highest BCUT2D eigenvalue weighted by atomic mass is 35.5. The molecule has 0 aromatic heterocycles. The second-order valence-electron chi connectivity index (χ2n) is 4.51. The van der Waals surface area contributed by atoms with Crippen molar-refractivity contribution in [3.05, 3.63) is 23.2 Å². The fourth-order valence-corrected chi connectivity index (χ4v) is 2.03. The summed E-state index contributed by atoms with van der Waals surface area (Å²) < 4.78 is 0. The van der Waals surface area contributed by atoms with Gasteiger partial charge in [-0.2, -0.15) is 0 Å². The van der Waals surface area contributed by atoms with Gasteiger partial charge >= 0.3 is 0 Å². The number of hydrogen-bond acceptors (Lipinski definition) is 2. The van der Waals surface area contributed by atoms with Crippen LogP contribution in [0.1, 0.15) is 20.3 Å². The molecule has 4 heteroatoms. The first-order valence-corrected chi connectivity index (χ1v) is 5.81. The lowest BCUT2D eigenvalue weighted by Gasteiger charge is -2.27. The van der Waals surface area contributed by atoms with Crippen LogP contribution in [0.4, 0.5) is 11.4 Å². The Hall–Kier alpha value is -1.22. The maximum atomic E-state index is 11.8. The zero-order valence-corrected chi connectivity index (χ0v) is 10.1. The third kappa shape index (κ3) is 2.30. The molecule has 1 unspecified atom stereocenters. The molecule has 1 aromatic rings. The van der Waals surface area contributed by atoms with Gasteiger partial charge in [-0.25, -0.2) is 0 Å². The highest BCUT2D eigenvalue weighted by Crippen LogP contribution is 2.30. The van der Waals surface area contributed by atoms with Crippen LogP contribution < -0.4 is 10.6 Å². The van der Waals surface area contributed by atoms with E-state index in [1.165, 1.54) is 0 Å². The number of halogens is 1. The van der Waals surface area contributed by atoms with Crippen molar-refractivity contribution in [3.63, 3.8) is 0 Å². The molecule has 1 aromatic carbocycles. The van der Waals surface area contributed by atoms with Crippen LogP contribution in [-0.4, -0.2) is 11.9 Å². The molecule has 3 nitrogen and oxygen atoms in total. The Bertz CT molecular complexity index is 417. The fourth-order valence-electron chi connectivity index (χ4n) is 1.86. The molecule has 0 spiro atoms. The van der Waals surface area contributed by atoms with Crippen LogP contribution in [-0.2, 0) is 4.79 Å². The topological polar surface area (TPSA) is 41.1 Å². The highest BCUT2D eigenvalue weighted by molar-refractivity contribution is 6.31. The zero-order chi connectivity index (χ0) is 11.7. The lowest BCUT2D eigenvalue weighted by molar-refractivity contribution is -0.117. The Labute approximate surface area is 100 Å². The summed E-state index contributed by atoms with van der Waals surface area (Å²) in [6, 6.07) is 5.26.